The summed E-state index contributed by atoms with van der Waals surface area (Å²) in [7, 11) is 0. The lowest BCUT2D eigenvalue weighted by Gasteiger charge is -2.18. The molecule has 0 unspecified atom stereocenters. The fourth-order valence-corrected chi connectivity index (χ4v) is 3.26. The summed E-state index contributed by atoms with van der Waals surface area (Å²) in [5, 5.41) is 4.08. The van der Waals surface area contributed by atoms with Gasteiger partial charge in [0.05, 0.1) is 27.0 Å². The normalized spacial score (nSPS) is 16.1. The van der Waals surface area contributed by atoms with Gasteiger partial charge in [0.1, 0.15) is 0 Å². The standard InChI is InChI=1S/C17H13Cl2F3N2/c18-13-8-11(17(20,21)22)9-14(19)16(13)24-23-15-7-3-5-10-4-1-2-6-12(10)15/h1-2,4,6,8-9,24H,3,5,7H2/b23-15-. The van der Waals surface area contributed by atoms with Crippen molar-refractivity contribution in [2.45, 2.75) is 25.4 Å². The van der Waals surface area contributed by atoms with Crippen molar-refractivity contribution in [3.8, 4) is 0 Å². The number of nitrogens with one attached hydrogen (secondary N) is 1. The Balaban J connectivity index is 1.91. The minimum atomic E-state index is -4.50. The number of halogens is 5. The van der Waals surface area contributed by atoms with Gasteiger partial charge in [0.2, 0.25) is 0 Å². The Kier molecular flexibility index (Phi) is 4.74. The first-order chi connectivity index (χ1) is 11.4. The minimum absolute atomic E-state index is 0.122. The van der Waals surface area contributed by atoms with Crippen LogP contribution >= 0.6 is 23.2 Å². The van der Waals surface area contributed by atoms with Gasteiger partial charge in [-0.25, -0.2) is 0 Å². The Bertz CT molecular complexity index is 778. The zero-order chi connectivity index (χ0) is 17.3. The molecule has 1 N–H and O–H groups in total. The van der Waals surface area contributed by atoms with Crippen LogP contribution in [-0.4, -0.2) is 5.71 Å². The van der Waals surface area contributed by atoms with Crippen molar-refractivity contribution in [1.29, 1.82) is 0 Å². The van der Waals surface area contributed by atoms with Crippen molar-refractivity contribution in [1.82, 2.24) is 0 Å². The Hall–Kier alpha value is -1.72. The SMILES string of the molecule is FC(F)(F)c1cc(Cl)c(N/N=C2/CCCc3ccccc32)c(Cl)c1. The van der Waals surface area contributed by atoms with E-state index in [0.717, 1.165) is 42.7 Å². The molecule has 0 aromatic heterocycles. The predicted molar refractivity (Wildman–Crippen MR) is 91.0 cm³/mol. The first-order valence-electron chi connectivity index (χ1n) is 7.33. The van der Waals surface area contributed by atoms with E-state index in [4.69, 9.17) is 23.2 Å². The van der Waals surface area contributed by atoms with E-state index in [1.54, 1.807) is 0 Å². The molecule has 0 radical (unpaired) electrons. The summed E-state index contributed by atoms with van der Waals surface area (Å²) in [4.78, 5) is 0. The topological polar surface area (TPSA) is 24.4 Å². The van der Waals surface area contributed by atoms with Crippen LogP contribution < -0.4 is 5.43 Å². The Labute approximate surface area is 147 Å². The van der Waals surface area contributed by atoms with E-state index in [2.05, 4.69) is 10.5 Å². The molecule has 0 fully saturated rings. The van der Waals surface area contributed by atoms with Gasteiger partial charge in [0.25, 0.3) is 0 Å². The third kappa shape index (κ3) is 3.52. The van der Waals surface area contributed by atoms with Crippen molar-refractivity contribution in [3.63, 3.8) is 0 Å². The van der Waals surface area contributed by atoms with Gasteiger partial charge in [-0.15, -0.1) is 0 Å². The van der Waals surface area contributed by atoms with Crippen molar-refractivity contribution in [3.05, 3.63) is 63.1 Å². The Morgan fingerprint density at radius 2 is 1.67 bits per heavy atom. The fourth-order valence-electron chi connectivity index (χ4n) is 2.68. The molecule has 0 saturated heterocycles. The number of rotatable bonds is 2. The zero-order valence-corrected chi connectivity index (χ0v) is 13.9. The molecule has 0 heterocycles. The number of anilines is 1. The van der Waals surface area contributed by atoms with E-state index >= 15 is 0 Å². The van der Waals surface area contributed by atoms with Crippen LogP contribution in [0, 0.1) is 0 Å². The summed E-state index contributed by atoms with van der Waals surface area (Å²) in [6, 6.07) is 9.60. The summed E-state index contributed by atoms with van der Waals surface area (Å²) in [5.41, 5.74) is 5.08. The number of aryl methyl sites for hydroxylation is 1. The highest BCUT2D eigenvalue weighted by Gasteiger charge is 2.32. The van der Waals surface area contributed by atoms with Crippen LogP contribution in [-0.2, 0) is 12.6 Å². The maximum absolute atomic E-state index is 12.8. The van der Waals surface area contributed by atoms with Crippen molar-refractivity contribution in [2.24, 2.45) is 5.10 Å². The van der Waals surface area contributed by atoms with E-state index in [1.165, 1.54) is 5.56 Å². The second kappa shape index (κ2) is 6.65. The summed E-state index contributed by atoms with van der Waals surface area (Å²) >= 11 is 11.9. The highest BCUT2D eigenvalue weighted by Crippen LogP contribution is 2.38. The van der Waals surface area contributed by atoms with Crippen molar-refractivity contribution in [2.75, 3.05) is 5.43 Å². The summed E-state index contributed by atoms with van der Waals surface area (Å²) in [6.07, 6.45) is -1.77. The van der Waals surface area contributed by atoms with E-state index in [1.807, 2.05) is 24.3 Å². The molecule has 7 heteroatoms. The van der Waals surface area contributed by atoms with Gasteiger partial charge < -0.3 is 0 Å². The molecule has 24 heavy (non-hydrogen) atoms. The molecular weight excluding hydrogens is 360 g/mol. The van der Waals surface area contributed by atoms with Gasteiger partial charge in [-0.1, -0.05) is 47.5 Å². The van der Waals surface area contributed by atoms with Gasteiger partial charge >= 0.3 is 6.18 Å². The maximum atomic E-state index is 12.8. The second-order valence-corrected chi connectivity index (χ2v) is 6.31. The van der Waals surface area contributed by atoms with E-state index in [9.17, 15) is 13.2 Å². The Morgan fingerprint density at radius 3 is 2.33 bits per heavy atom. The van der Waals surface area contributed by atoms with Crippen LogP contribution in [0.25, 0.3) is 0 Å². The molecule has 0 saturated carbocycles. The van der Waals surface area contributed by atoms with Crippen molar-refractivity contribution >= 4 is 34.6 Å². The summed E-state index contributed by atoms with van der Waals surface area (Å²) < 4.78 is 38.3. The average Bonchev–Trinajstić information content (AvgIpc) is 2.53. The largest absolute Gasteiger partial charge is 0.416 e. The van der Waals surface area contributed by atoms with Gasteiger partial charge in [-0.3, -0.25) is 5.43 Å². The molecular formula is C17H13Cl2F3N2. The maximum Gasteiger partial charge on any atom is 0.416 e. The van der Waals surface area contributed by atoms with Crippen LogP contribution in [0.1, 0.15) is 29.5 Å². The van der Waals surface area contributed by atoms with Crippen LogP contribution in [0.15, 0.2) is 41.5 Å². The zero-order valence-electron chi connectivity index (χ0n) is 12.4. The molecule has 3 rings (SSSR count). The molecule has 0 atom stereocenters. The average molecular weight is 373 g/mol. The lowest BCUT2D eigenvalue weighted by atomic mass is 9.90. The molecule has 0 aliphatic heterocycles. The number of nitrogens with zero attached hydrogens (tertiary/aromatic N) is 1. The van der Waals surface area contributed by atoms with E-state index < -0.39 is 11.7 Å². The number of alkyl halides is 3. The molecule has 0 amide bonds. The third-order valence-electron chi connectivity index (χ3n) is 3.86. The Morgan fingerprint density at radius 1 is 1.00 bits per heavy atom. The quantitative estimate of drug-likeness (QED) is 0.626. The second-order valence-electron chi connectivity index (χ2n) is 5.49. The third-order valence-corrected chi connectivity index (χ3v) is 4.46. The monoisotopic (exact) mass is 372 g/mol. The highest BCUT2D eigenvalue weighted by molar-refractivity contribution is 6.39. The van der Waals surface area contributed by atoms with Gasteiger partial charge in [0, 0.05) is 5.56 Å². The summed E-state index contributed by atoms with van der Waals surface area (Å²) in [6.45, 7) is 0. The lowest BCUT2D eigenvalue weighted by Crippen LogP contribution is -2.13. The number of hydrazone groups is 1. The number of fused-ring (bicyclic) bond motifs is 1. The summed E-state index contributed by atoms with van der Waals surface area (Å²) in [5.74, 6) is 0. The predicted octanol–water partition coefficient (Wildman–Crippen LogP) is 6.16. The molecule has 1 aliphatic carbocycles. The van der Waals surface area contributed by atoms with Crippen molar-refractivity contribution < 1.29 is 13.2 Å². The van der Waals surface area contributed by atoms with Gasteiger partial charge in [-0.2, -0.15) is 18.3 Å². The number of hydrogen-bond donors (Lipinski definition) is 1. The van der Waals surface area contributed by atoms with E-state index in [-0.39, 0.29) is 15.7 Å². The molecule has 2 nitrogen and oxygen atoms in total. The smallest absolute Gasteiger partial charge is 0.275 e. The molecule has 0 spiro atoms. The molecule has 1 aliphatic rings. The van der Waals surface area contributed by atoms with Crippen LogP contribution in [0.2, 0.25) is 10.0 Å². The number of hydrogen-bond acceptors (Lipinski definition) is 2. The van der Waals surface area contributed by atoms with E-state index in [0.29, 0.717) is 0 Å². The van der Waals surface area contributed by atoms with Gasteiger partial charge in [0.15, 0.2) is 0 Å². The first kappa shape index (κ1) is 17.1. The molecule has 2 aromatic rings. The fraction of sp³-hybridized carbons (Fsp3) is 0.235. The molecule has 126 valence electrons. The number of benzene rings is 2. The molecule has 2 aromatic carbocycles. The van der Waals surface area contributed by atoms with Gasteiger partial charge in [-0.05, 0) is 37.0 Å². The highest BCUT2D eigenvalue weighted by atomic mass is 35.5. The van der Waals surface area contributed by atoms with Crippen LogP contribution in [0.4, 0.5) is 18.9 Å². The lowest BCUT2D eigenvalue weighted by molar-refractivity contribution is -0.137. The first-order valence-corrected chi connectivity index (χ1v) is 8.09. The van der Waals surface area contributed by atoms with Crippen LogP contribution in [0.3, 0.4) is 0 Å². The minimum Gasteiger partial charge on any atom is -0.275 e. The van der Waals surface area contributed by atoms with Crippen LogP contribution in [0.5, 0.6) is 0 Å². The molecule has 0 bridgehead atoms.